The lowest BCUT2D eigenvalue weighted by Gasteiger charge is -2.22. The molecule has 1 atom stereocenters. The van der Waals surface area contributed by atoms with Crippen LogP contribution in [0.2, 0.25) is 0 Å². The van der Waals surface area contributed by atoms with Crippen molar-refractivity contribution >= 4 is 11.6 Å². The predicted molar refractivity (Wildman–Crippen MR) is 45.1 cm³/mol. The number of anilines is 1. The van der Waals surface area contributed by atoms with Gasteiger partial charge in [0.05, 0.1) is 5.69 Å². The lowest BCUT2D eigenvalue weighted by molar-refractivity contribution is -0.122. The molecule has 0 radical (unpaired) electrons. The molecule has 4 heteroatoms. The first-order valence-corrected chi connectivity index (χ1v) is 3.94. The zero-order valence-electron chi connectivity index (χ0n) is 7.00. The molecule has 68 valence electrons. The maximum atomic E-state index is 12.7. The first-order chi connectivity index (χ1) is 6.16. The van der Waals surface area contributed by atoms with Gasteiger partial charge >= 0.3 is 0 Å². The summed E-state index contributed by atoms with van der Waals surface area (Å²) in [5.74, 6) is -0.201. The van der Waals surface area contributed by atoms with Crippen LogP contribution in [0.3, 0.4) is 0 Å². The molecule has 3 nitrogen and oxygen atoms in total. The Bertz CT molecular complexity index is 365. The molecular formula is C9H8FNO2. The van der Waals surface area contributed by atoms with Crippen LogP contribution in [-0.4, -0.2) is 12.0 Å². The van der Waals surface area contributed by atoms with Crippen LogP contribution in [0.5, 0.6) is 5.75 Å². The second-order valence-corrected chi connectivity index (χ2v) is 2.89. The van der Waals surface area contributed by atoms with Gasteiger partial charge in [0.1, 0.15) is 11.6 Å². The van der Waals surface area contributed by atoms with Gasteiger partial charge in [-0.25, -0.2) is 4.39 Å². The fourth-order valence-corrected chi connectivity index (χ4v) is 1.18. The highest BCUT2D eigenvalue weighted by atomic mass is 19.1. The first-order valence-electron chi connectivity index (χ1n) is 3.94. The molecule has 13 heavy (non-hydrogen) atoms. The Hall–Kier alpha value is -1.58. The van der Waals surface area contributed by atoms with E-state index in [-0.39, 0.29) is 11.7 Å². The van der Waals surface area contributed by atoms with Gasteiger partial charge in [0, 0.05) is 6.07 Å². The molecule has 1 heterocycles. The average Bonchev–Trinajstić information content (AvgIpc) is 2.08. The van der Waals surface area contributed by atoms with E-state index in [1.165, 1.54) is 18.2 Å². The summed E-state index contributed by atoms with van der Waals surface area (Å²) < 4.78 is 17.9. The summed E-state index contributed by atoms with van der Waals surface area (Å²) in [6.45, 7) is 1.61. The van der Waals surface area contributed by atoms with Crippen LogP contribution < -0.4 is 10.1 Å². The third kappa shape index (κ3) is 1.35. The van der Waals surface area contributed by atoms with Gasteiger partial charge in [-0.1, -0.05) is 0 Å². The summed E-state index contributed by atoms with van der Waals surface area (Å²) >= 11 is 0. The summed E-state index contributed by atoms with van der Waals surface area (Å²) in [4.78, 5) is 11.1. The van der Waals surface area contributed by atoms with Gasteiger partial charge in [-0.05, 0) is 19.1 Å². The Kier molecular flexibility index (Phi) is 1.69. The Morgan fingerprint density at radius 2 is 2.31 bits per heavy atom. The molecule has 0 spiro atoms. The number of nitrogens with one attached hydrogen (secondary N) is 1. The fourth-order valence-electron chi connectivity index (χ4n) is 1.18. The van der Waals surface area contributed by atoms with Gasteiger partial charge in [-0.3, -0.25) is 4.79 Å². The monoisotopic (exact) mass is 181 g/mol. The number of hydrogen-bond donors (Lipinski definition) is 1. The van der Waals surface area contributed by atoms with E-state index in [4.69, 9.17) is 4.74 Å². The normalized spacial score (nSPS) is 20.2. The van der Waals surface area contributed by atoms with Crippen molar-refractivity contribution in [3.8, 4) is 5.75 Å². The maximum absolute atomic E-state index is 12.7. The Balaban J connectivity index is 2.42. The molecule has 1 aromatic carbocycles. The molecule has 0 bridgehead atoms. The van der Waals surface area contributed by atoms with E-state index in [1.807, 2.05) is 0 Å². The minimum Gasteiger partial charge on any atom is -0.479 e. The van der Waals surface area contributed by atoms with Crippen LogP contribution >= 0.6 is 0 Å². The molecule has 1 aliphatic rings. The molecule has 0 saturated heterocycles. The van der Waals surface area contributed by atoms with Crippen molar-refractivity contribution in [2.75, 3.05) is 5.32 Å². The number of rotatable bonds is 0. The van der Waals surface area contributed by atoms with E-state index < -0.39 is 6.10 Å². The first kappa shape index (κ1) is 8.04. The van der Waals surface area contributed by atoms with E-state index in [0.29, 0.717) is 11.4 Å². The minimum atomic E-state index is -0.561. The summed E-state index contributed by atoms with van der Waals surface area (Å²) in [5, 5.41) is 2.61. The van der Waals surface area contributed by atoms with Gasteiger partial charge in [-0.2, -0.15) is 0 Å². The van der Waals surface area contributed by atoms with E-state index >= 15 is 0 Å². The van der Waals surface area contributed by atoms with Crippen molar-refractivity contribution in [2.45, 2.75) is 13.0 Å². The molecule has 1 aliphatic heterocycles. The predicted octanol–water partition coefficient (Wildman–Crippen LogP) is 1.55. The molecule has 1 N–H and O–H groups in total. The van der Waals surface area contributed by atoms with Gasteiger partial charge < -0.3 is 10.1 Å². The van der Waals surface area contributed by atoms with Crippen LogP contribution in [0.15, 0.2) is 18.2 Å². The topological polar surface area (TPSA) is 38.3 Å². The molecular weight excluding hydrogens is 173 g/mol. The number of hydrogen-bond acceptors (Lipinski definition) is 2. The average molecular weight is 181 g/mol. The smallest absolute Gasteiger partial charge is 0.265 e. The molecule has 0 saturated carbocycles. The number of carbonyl (C=O) groups excluding carboxylic acids is 1. The Morgan fingerprint density at radius 3 is 3.08 bits per heavy atom. The van der Waals surface area contributed by atoms with Crippen LogP contribution in [0.25, 0.3) is 0 Å². The van der Waals surface area contributed by atoms with Gasteiger partial charge in [0.2, 0.25) is 0 Å². The quantitative estimate of drug-likeness (QED) is 0.659. The molecule has 0 aromatic heterocycles. The zero-order valence-corrected chi connectivity index (χ0v) is 7.00. The van der Waals surface area contributed by atoms with Crippen molar-refractivity contribution in [3.05, 3.63) is 24.0 Å². The number of ether oxygens (including phenoxy) is 1. The SMILES string of the molecule is C[C@@H]1Oc2cc(F)ccc2NC1=O. The summed E-state index contributed by atoms with van der Waals surface area (Å²) in [6.07, 6.45) is -0.561. The minimum absolute atomic E-state index is 0.209. The maximum Gasteiger partial charge on any atom is 0.265 e. The summed E-state index contributed by atoms with van der Waals surface area (Å²) in [5.41, 5.74) is 0.518. The Labute approximate surface area is 74.5 Å². The number of halogens is 1. The second kappa shape index (κ2) is 2.73. The van der Waals surface area contributed by atoms with Gasteiger partial charge in [-0.15, -0.1) is 0 Å². The highest BCUT2D eigenvalue weighted by molar-refractivity contribution is 5.97. The number of benzene rings is 1. The largest absolute Gasteiger partial charge is 0.479 e. The van der Waals surface area contributed by atoms with Gasteiger partial charge in [0.25, 0.3) is 5.91 Å². The molecule has 2 rings (SSSR count). The van der Waals surface area contributed by atoms with Crippen LogP contribution in [0.4, 0.5) is 10.1 Å². The standard InChI is InChI=1S/C9H8FNO2/c1-5-9(12)11-7-3-2-6(10)4-8(7)13-5/h2-5H,1H3,(H,11,12)/t5-/m0/s1. The lowest BCUT2D eigenvalue weighted by Crippen LogP contribution is -2.34. The molecule has 0 aliphatic carbocycles. The van der Waals surface area contributed by atoms with Crippen molar-refractivity contribution < 1.29 is 13.9 Å². The third-order valence-electron chi connectivity index (χ3n) is 1.87. The van der Waals surface area contributed by atoms with Crippen LogP contribution in [0.1, 0.15) is 6.92 Å². The van der Waals surface area contributed by atoms with Crippen LogP contribution in [-0.2, 0) is 4.79 Å². The number of amides is 1. The highest BCUT2D eigenvalue weighted by Crippen LogP contribution is 2.29. The molecule has 1 aromatic rings. The summed E-state index contributed by atoms with van der Waals surface area (Å²) in [7, 11) is 0. The second-order valence-electron chi connectivity index (χ2n) is 2.89. The zero-order chi connectivity index (χ0) is 9.42. The van der Waals surface area contributed by atoms with Crippen molar-refractivity contribution in [2.24, 2.45) is 0 Å². The third-order valence-corrected chi connectivity index (χ3v) is 1.87. The van der Waals surface area contributed by atoms with Crippen molar-refractivity contribution in [1.82, 2.24) is 0 Å². The van der Waals surface area contributed by atoms with Crippen molar-refractivity contribution in [1.29, 1.82) is 0 Å². The summed E-state index contributed by atoms with van der Waals surface area (Å²) in [6, 6.07) is 4.01. The molecule has 1 amide bonds. The van der Waals surface area contributed by atoms with Crippen molar-refractivity contribution in [3.63, 3.8) is 0 Å². The molecule has 0 fully saturated rings. The highest BCUT2D eigenvalue weighted by Gasteiger charge is 2.23. The van der Waals surface area contributed by atoms with E-state index in [0.717, 1.165) is 0 Å². The lowest BCUT2D eigenvalue weighted by atomic mass is 10.2. The van der Waals surface area contributed by atoms with E-state index in [9.17, 15) is 9.18 Å². The van der Waals surface area contributed by atoms with E-state index in [2.05, 4.69) is 5.32 Å². The van der Waals surface area contributed by atoms with Gasteiger partial charge in [0.15, 0.2) is 6.10 Å². The van der Waals surface area contributed by atoms with E-state index in [1.54, 1.807) is 6.92 Å². The van der Waals surface area contributed by atoms with Crippen LogP contribution in [0, 0.1) is 5.82 Å². The Morgan fingerprint density at radius 1 is 1.54 bits per heavy atom. The molecule has 0 unspecified atom stereocenters. The fraction of sp³-hybridized carbons (Fsp3) is 0.222. The number of carbonyl (C=O) groups is 1. The number of fused-ring (bicyclic) bond motifs is 1.